The molecule has 3 rings (SSSR count). The van der Waals surface area contributed by atoms with Gasteiger partial charge in [-0.1, -0.05) is 17.7 Å². The van der Waals surface area contributed by atoms with Crippen LogP contribution >= 0.6 is 11.3 Å². The zero-order valence-corrected chi connectivity index (χ0v) is 15.4. The molecule has 0 saturated carbocycles. The highest BCUT2D eigenvalue weighted by molar-refractivity contribution is 7.09. The maximum atomic E-state index is 12.6. The fourth-order valence-electron chi connectivity index (χ4n) is 3.11. The van der Waals surface area contributed by atoms with Crippen LogP contribution in [0.3, 0.4) is 0 Å². The van der Waals surface area contributed by atoms with E-state index in [0.717, 1.165) is 42.3 Å². The molecule has 1 aliphatic rings. The number of aromatic nitrogens is 1. The molecule has 5 nitrogen and oxygen atoms in total. The lowest BCUT2D eigenvalue weighted by Gasteiger charge is -2.35. The monoisotopic (exact) mass is 359 g/mol. The fraction of sp³-hybridized carbons (Fsp3) is 0.474. The van der Waals surface area contributed by atoms with E-state index in [1.807, 2.05) is 41.5 Å². The standard InChI is InChI=1S/C19H25N3O2S/c1-14-5-7-17(8-6-14)24-12-18-21-15(13-25-18)10-19(23)22-9-3-2-4-16(22)11-20/h5-8,13,16H,2-4,9-12,20H2,1H3. The third-order valence-electron chi connectivity index (χ3n) is 4.53. The molecule has 134 valence electrons. The topological polar surface area (TPSA) is 68.5 Å². The second kappa shape index (κ2) is 8.45. The van der Waals surface area contributed by atoms with Crippen molar-refractivity contribution in [2.75, 3.05) is 13.1 Å². The Labute approximate surface area is 152 Å². The number of hydrogen-bond acceptors (Lipinski definition) is 5. The number of likely N-dealkylation sites (tertiary alicyclic amines) is 1. The first-order valence-electron chi connectivity index (χ1n) is 8.78. The third kappa shape index (κ3) is 4.80. The number of hydrogen-bond donors (Lipinski definition) is 1. The molecule has 0 bridgehead atoms. The van der Waals surface area contributed by atoms with Crippen LogP contribution in [0, 0.1) is 6.92 Å². The van der Waals surface area contributed by atoms with Crippen molar-refractivity contribution in [3.63, 3.8) is 0 Å². The molecule has 1 atom stereocenters. The number of carbonyl (C=O) groups excluding carboxylic acids is 1. The van der Waals surface area contributed by atoms with Crippen LogP contribution in [0.4, 0.5) is 0 Å². The van der Waals surface area contributed by atoms with Crippen molar-refractivity contribution in [2.24, 2.45) is 5.73 Å². The van der Waals surface area contributed by atoms with Crippen molar-refractivity contribution in [1.82, 2.24) is 9.88 Å². The summed E-state index contributed by atoms with van der Waals surface area (Å²) in [7, 11) is 0. The van der Waals surface area contributed by atoms with E-state index in [9.17, 15) is 4.79 Å². The van der Waals surface area contributed by atoms with E-state index in [4.69, 9.17) is 10.5 Å². The summed E-state index contributed by atoms with van der Waals surface area (Å²) in [5.74, 6) is 0.962. The van der Waals surface area contributed by atoms with Crippen molar-refractivity contribution in [1.29, 1.82) is 0 Å². The molecule has 1 saturated heterocycles. The predicted molar refractivity (Wildman–Crippen MR) is 99.7 cm³/mol. The summed E-state index contributed by atoms with van der Waals surface area (Å²) in [6, 6.07) is 8.14. The molecule has 6 heteroatoms. The summed E-state index contributed by atoms with van der Waals surface area (Å²) >= 11 is 1.54. The molecule has 2 heterocycles. The van der Waals surface area contributed by atoms with Crippen molar-refractivity contribution in [3.05, 3.63) is 45.9 Å². The van der Waals surface area contributed by atoms with Crippen LogP contribution in [-0.2, 0) is 17.8 Å². The lowest BCUT2D eigenvalue weighted by Crippen LogP contribution is -2.48. The first-order chi connectivity index (χ1) is 12.2. The highest BCUT2D eigenvalue weighted by Crippen LogP contribution is 2.19. The Hall–Kier alpha value is -1.92. The number of nitrogens with two attached hydrogens (primary N) is 1. The number of nitrogens with zero attached hydrogens (tertiary/aromatic N) is 2. The molecule has 0 radical (unpaired) electrons. The number of piperidine rings is 1. The maximum absolute atomic E-state index is 12.6. The average molecular weight is 359 g/mol. The lowest BCUT2D eigenvalue weighted by atomic mass is 10.0. The Bertz CT molecular complexity index is 699. The van der Waals surface area contributed by atoms with Gasteiger partial charge in [-0.3, -0.25) is 4.79 Å². The Morgan fingerprint density at radius 1 is 1.36 bits per heavy atom. The van der Waals surface area contributed by atoms with Crippen LogP contribution in [0.15, 0.2) is 29.6 Å². The normalized spacial score (nSPS) is 17.5. The van der Waals surface area contributed by atoms with Gasteiger partial charge in [-0.25, -0.2) is 4.98 Å². The number of aryl methyl sites for hydroxylation is 1. The van der Waals surface area contributed by atoms with Gasteiger partial charge in [0, 0.05) is 24.5 Å². The summed E-state index contributed by atoms with van der Waals surface area (Å²) in [5, 5.41) is 2.84. The Morgan fingerprint density at radius 2 is 2.16 bits per heavy atom. The lowest BCUT2D eigenvalue weighted by molar-refractivity contribution is -0.133. The van der Waals surface area contributed by atoms with Gasteiger partial charge in [0.15, 0.2) is 0 Å². The summed E-state index contributed by atoms with van der Waals surface area (Å²) in [5.41, 5.74) is 7.83. The minimum atomic E-state index is 0.131. The van der Waals surface area contributed by atoms with E-state index >= 15 is 0 Å². The maximum Gasteiger partial charge on any atom is 0.228 e. The molecular weight excluding hydrogens is 334 g/mol. The molecule has 1 aromatic heterocycles. The second-order valence-electron chi connectivity index (χ2n) is 6.48. The van der Waals surface area contributed by atoms with Crippen LogP contribution in [0.1, 0.15) is 35.5 Å². The van der Waals surface area contributed by atoms with Gasteiger partial charge in [-0.05, 0) is 38.3 Å². The van der Waals surface area contributed by atoms with Gasteiger partial charge in [0.2, 0.25) is 5.91 Å². The Kier molecular flexibility index (Phi) is 6.04. The van der Waals surface area contributed by atoms with E-state index in [0.29, 0.717) is 19.6 Å². The van der Waals surface area contributed by atoms with Gasteiger partial charge >= 0.3 is 0 Å². The van der Waals surface area contributed by atoms with Gasteiger partial charge in [0.05, 0.1) is 12.1 Å². The molecule has 1 aromatic carbocycles. The fourth-order valence-corrected chi connectivity index (χ4v) is 3.81. The van der Waals surface area contributed by atoms with Crippen molar-refractivity contribution in [2.45, 2.75) is 45.3 Å². The van der Waals surface area contributed by atoms with E-state index in [1.54, 1.807) is 0 Å². The molecule has 1 aliphatic heterocycles. The van der Waals surface area contributed by atoms with Crippen LogP contribution in [-0.4, -0.2) is 34.9 Å². The van der Waals surface area contributed by atoms with Crippen LogP contribution < -0.4 is 10.5 Å². The molecule has 1 amide bonds. The largest absolute Gasteiger partial charge is 0.486 e. The second-order valence-corrected chi connectivity index (χ2v) is 7.43. The molecule has 0 aliphatic carbocycles. The predicted octanol–water partition coefficient (Wildman–Crippen LogP) is 2.91. The van der Waals surface area contributed by atoms with E-state index in [-0.39, 0.29) is 11.9 Å². The molecule has 25 heavy (non-hydrogen) atoms. The van der Waals surface area contributed by atoms with Crippen molar-refractivity contribution in [3.8, 4) is 5.75 Å². The van der Waals surface area contributed by atoms with Gasteiger partial charge in [0.1, 0.15) is 17.4 Å². The number of amides is 1. The van der Waals surface area contributed by atoms with E-state index < -0.39 is 0 Å². The summed E-state index contributed by atoms with van der Waals surface area (Å²) < 4.78 is 5.75. The molecule has 2 N–H and O–H groups in total. The van der Waals surface area contributed by atoms with Crippen LogP contribution in [0.2, 0.25) is 0 Å². The van der Waals surface area contributed by atoms with Gasteiger partial charge in [-0.2, -0.15) is 0 Å². The summed E-state index contributed by atoms with van der Waals surface area (Å²) in [6.07, 6.45) is 3.57. The minimum absolute atomic E-state index is 0.131. The molecule has 0 spiro atoms. The summed E-state index contributed by atoms with van der Waals surface area (Å²) in [4.78, 5) is 19.0. The van der Waals surface area contributed by atoms with Crippen molar-refractivity contribution >= 4 is 17.2 Å². The SMILES string of the molecule is Cc1ccc(OCc2nc(CC(=O)N3CCCCC3CN)cs2)cc1. The molecular formula is C19H25N3O2S. The molecule has 1 unspecified atom stereocenters. The van der Waals surface area contributed by atoms with Gasteiger partial charge in [-0.15, -0.1) is 11.3 Å². The quantitative estimate of drug-likeness (QED) is 0.861. The molecule has 2 aromatic rings. The number of rotatable bonds is 6. The smallest absolute Gasteiger partial charge is 0.228 e. The minimum Gasteiger partial charge on any atom is -0.486 e. The number of carbonyl (C=O) groups is 1. The Balaban J connectivity index is 1.54. The van der Waals surface area contributed by atoms with Crippen LogP contribution in [0.5, 0.6) is 5.75 Å². The third-order valence-corrected chi connectivity index (χ3v) is 5.41. The zero-order chi connectivity index (χ0) is 17.6. The molecule has 1 fully saturated rings. The highest BCUT2D eigenvalue weighted by Gasteiger charge is 2.25. The van der Waals surface area contributed by atoms with Crippen molar-refractivity contribution < 1.29 is 9.53 Å². The van der Waals surface area contributed by atoms with Crippen LogP contribution in [0.25, 0.3) is 0 Å². The van der Waals surface area contributed by atoms with Gasteiger partial charge < -0.3 is 15.4 Å². The average Bonchev–Trinajstić information content (AvgIpc) is 3.08. The van der Waals surface area contributed by atoms with E-state index in [2.05, 4.69) is 4.98 Å². The van der Waals surface area contributed by atoms with Gasteiger partial charge in [0.25, 0.3) is 0 Å². The zero-order valence-electron chi connectivity index (χ0n) is 14.6. The number of thiazole rings is 1. The highest BCUT2D eigenvalue weighted by atomic mass is 32.1. The number of benzene rings is 1. The first kappa shape index (κ1) is 17.9. The first-order valence-corrected chi connectivity index (χ1v) is 9.66. The Morgan fingerprint density at radius 3 is 2.92 bits per heavy atom. The number of ether oxygens (including phenoxy) is 1. The summed E-state index contributed by atoms with van der Waals surface area (Å²) in [6.45, 7) is 3.83. The van der Waals surface area contributed by atoms with E-state index in [1.165, 1.54) is 16.9 Å².